The summed E-state index contributed by atoms with van der Waals surface area (Å²) in [6, 6.07) is 15.8. The van der Waals surface area contributed by atoms with Crippen LogP contribution in [0, 0.1) is 17.0 Å². The summed E-state index contributed by atoms with van der Waals surface area (Å²) in [5.74, 6) is -3.09. The molecule has 238 valence electrons. The minimum atomic E-state index is -3.13. The van der Waals surface area contributed by atoms with Gasteiger partial charge in [0.15, 0.2) is 29.1 Å². The Kier molecular flexibility index (Phi) is 10.3. The van der Waals surface area contributed by atoms with Crippen molar-refractivity contribution in [2.24, 2.45) is 11.1 Å². The molecule has 0 saturated carbocycles. The van der Waals surface area contributed by atoms with E-state index in [-0.39, 0.29) is 59.5 Å². The van der Waals surface area contributed by atoms with Crippen molar-refractivity contribution in [1.29, 1.82) is 0 Å². The third kappa shape index (κ3) is 9.21. The maximum absolute atomic E-state index is 14.2. The molecule has 0 aliphatic heterocycles. The van der Waals surface area contributed by atoms with Gasteiger partial charge in [0.1, 0.15) is 18.2 Å². The second-order valence-corrected chi connectivity index (χ2v) is 11.2. The highest BCUT2D eigenvalue weighted by Gasteiger charge is 2.33. The van der Waals surface area contributed by atoms with Crippen molar-refractivity contribution in [2.75, 3.05) is 0 Å². The molecule has 3 N–H and O–H groups in total. The molecule has 0 aliphatic carbocycles. The summed E-state index contributed by atoms with van der Waals surface area (Å²) in [6.45, 7) is 2.14. The van der Waals surface area contributed by atoms with Crippen molar-refractivity contribution in [1.82, 2.24) is 10.3 Å². The van der Waals surface area contributed by atoms with Crippen LogP contribution >= 0.6 is 0 Å². The number of ether oxygens (including phenoxy) is 3. The number of hydrogen-bond acceptors (Lipinski definition) is 7. The van der Waals surface area contributed by atoms with Crippen molar-refractivity contribution >= 4 is 12.0 Å². The highest BCUT2D eigenvalue weighted by molar-refractivity contribution is 5.94. The number of hydrogen-bond donors (Lipinski definition) is 2. The maximum atomic E-state index is 14.2. The first kappa shape index (κ1) is 32.8. The van der Waals surface area contributed by atoms with Crippen LogP contribution in [0.25, 0.3) is 11.5 Å². The molecule has 0 fully saturated rings. The van der Waals surface area contributed by atoms with Crippen LogP contribution in [0.15, 0.2) is 71.1 Å². The first-order valence-corrected chi connectivity index (χ1v) is 13.7. The summed E-state index contributed by atoms with van der Waals surface area (Å²) in [5, 5.41) is 2.51. The van der Waals surface area contributed by atoms with E-state index < -0.39 is 41.8 Å². The van der Waals surface area contributed by atoms with Gasteiger partial charge in [0.2, 0.25) is 5.89 Å². The first-order valence-electron chi connectivity index (χ1n) is 13.7. The Hall–Kier alpha value is -5.07. The molecule has 0 aliphatic rings. The standard InChI is InChI=1S/C32H31F4N3O6/c1-32(2,3)15-25(44-31(37)41)27-26(28(40)38-16-20-9-11-21(33)14-22(20)34)39-29(45-27)19-10-12-23(43-30(35)36)24(13-19)42-17-18-7-5-4-6-8-18/h4-14,25,30H,15-17H2,1-3H3,(H2,37,41)(H,38,40)/t25-/m0/s1. The van der Waals surface area contributed by atoms with Gasteiger partial charge in [-0.2, -0.15) is 8.78 Å². The Labute approximate surface area is 256 Å². The number of nitrogens with zero attached hydrogens (tertiary/aromatic N) is 1. The normalized spacial score (nSPS) is 12.1. The zero-order chi connectivity index (χ0) is 32.7. The molecule has 0 radical (unpaired) electrons. The molecule has 0 spiro atoms. The van der Waals surface area contributed by atoms with E-state index >= 15 is 0 Å². The number of carbonyl (C=O) groups is 2. The third-order valence-electron chi connectivity index (χ3n) is 6.32. The van der Waals surface area contributed by atoms with Gasteiger partial charge in [-0.05, 0) is 41.7 Å². The monoisotopic (exact) mass is 629 g/mol. The number of nitrogens with two attached hydrogens (primary N) is 1. The van der Waals surface area contributed by atoms with Crippen LogP contribution < -0.4 is 20.5 Å². The molecule has 13 heteroatoms. The van der Waals surface area contributed by atoms with E-state index in [4.69, 9.17) is 19.6 Å². The maximum Gasteiger partial charge on any atom is 0.405 e. The molecule has 0 bridgehead atoms. The molecule has 1 atom stereocenters. The van der Waals surface area contributed by atoms with Crippen molar-refractivity contribution in [3.05, 3.63) is 101 Å². The van der Waals surface area contributed by atoms with Crippen molar-refractivity contribution < 1.29 is 45.8 Å². The molecule has 0 saturated heterocycles. The van der Waals surface area contributed by atoms with Crippen molar-refractivity contribution in [3.63, 3.8) is 0 Å². The van der Waals surface area contributed by atoms with Crippen LogP contribution in [0.1, 0.15) is 60.7 Å². The fraction of sp³-hybridized carbons (Fsp3) is 0.281. The lowest BCUT2D eigenvalue weighted by molar-refractivity contribution is -0.0515. The number of aromatic nitrogens is 1. The second kappa shape index (κ2) is 14.1. The quantitative estimate of drug-likeness (QED) is 0.158. The Morgan fingerprint density at radius 1 is 1.00 bits per heavy atom. The predicted molar refractivity (Wildman–Crippen MR) is 154 cm³/mol. The van der Waals surface area contributed by atoms with E-state index in [0.717, 1.165) is 11.6 Å². The first-order chi connectivity index (χ1) is 21.3. The van der Waals surface area contributed by atoms with E-state index in [1.807, 2.05) is 26.8 Å². The molecule has 4 aromatic rings. The van der Waals surface area contributed by atoms with Crippen molar-refractivity contribution in [2.45, 2.75) is 53.1 Å². The average Bonchev–Trinajstić information content (AvgIpc) is 3.41. The Bertz CT molecular complexity index is 1640. The van der Waals surface area contributed by atoms with E-state index in [2.05, 4.69) is 15.0 Å². The summed E-state index contributed by atoms with van der Waals surface area (Å²) >= 11 is 0. The van der Waals surface area contributed by atoms with Crippen LogP contribution in [0.3, 0.4) is 0 Å². The second-order valence-electron chi connectivity index (χ2n) is 11.2. The summed E-state index contributed by atoms with van der Waals surface area (Å²) in [7, 11) is 0. The number of carbonyl (C=O) groups excluding carboxylic acids is 2. The van der Waals surface area contributed by atoms with Gasteiger partial charge < -0.3 is 29.7 Å². The average molecular weight is 630 g/mol. The highest BCUT2D eigenvalue weighted by Crippen LogP contribution is 2.38. The number of benzene rings is 3. The molecule has 2 amide bonds. The predicted octanol–water partition coefficient (Wildman–Crippen LogP) is 7.30. The number of alkyl halides is 2. The van der Waals surface area contributed by atoms with Crippen molar-refractivity contribution in [3.8, 4) is 23.0 Å². The minimum Gasteiger partial charge on any atom is -0.485 e. The van der Waals surface area contributed by atoms with E-state index in [1.54, 1.807) is 24.3 Å². The molecular weight excluding hydrogens is 598 g/mol. The van der Waals surface area contributed by atoms with Gasteiger partial charge in [-0.15, -0.1) is 0 Å². The number of rotatable bonds is 12. The Morgan fingerprint density at radius 2 is 1.73 bits per heavy atom. The van der Waals surface area contributed by atoms with Gasteiger partial charge >= 0.3 is 12.7 Å². The molecule has 0 unspecified atom stereocenters. The summed E-state index contributed by atoms with van der Waals surface area (Å²) in [6.07, 6.45) is -2.14. The zero-order valence-electron chi connectivity index (χ0n) is 24.6. The summed E-state index contributed by atoms with van der Waals surface area (Å²) in [4.78, 5) is 29.6. The minimum absolute atomic E-state index is 0.00414. The van der Waals surface area contributed by atoms with Crippen LogP contribution in [0.5, 0.6) is 11.5 Å². The zero-order valence-corrected chi connectivity index (χ0v) is 24.6. The fourth-order valence-electron chi connectivity index (χ4n) is 4.33. The van der Waals surface area contributed by atoms with Gasteiger partial charge in [-0.25, -0.2) is 18.6 Å². The highest BCUT2D eigenvalue weighted by atomic mass is 19.3. The van der Waals surface area contributed by atoms with Crippen LogP contribution in [-0.4, -0.2) is 23.6 Å². The van der Waals surface area contributed by atoms with Gasteiger partial charge in [-0.1, -0.05) is 57.2 Å². The molecule has 1 heterocycles. The smallest absolute Gasteiger partial charge is 0.405 e. The van der Waals surface area contributed by atoms with E-state index in [1.165, 1.54) is 24.3 Å². The van der Waals surface area contributed by atoms with Gasteiger partial charge in [0.05, 0.1) is 0 Å². The summed E-state index contributed by atoms with van der Waals surface area (Å²) < 4.78 is 75.6. The number of nitrogens with one attached hydrogen (secondary N) is 1. The lowest BCUT2D eigenvalue weighted by Crippen LogP contribution is -2.27. The lowest BCUT2D eigenvalue weighted by atomic mass is 9.88. The van der Waals surface area contributed by atoms with Crippen LogP contribution in [0.2, 0.25) is 0 Å². The molecular formula is C32H31F4N3O6. The number of primary amides is 1. The molecule has 3 aromatic carbocycles. The molecule has 4 rings (SSSR count). The number of amides is 2. The largest absolute Gasteiger partial charge is 0.485 e. The van der Waals surface area contributed by atoms with Gasteiger partial charge in [0, 0.05) is 23.7 Å². The topological polar surface area (TPSA) is 126 Å². The molecule has 1 aromatic heterocycles. The molecule has 9 nitrogen and oxygen atoms in total. The van der Waals surface area contributed by atoms with Crippen LogP contribution in [-0.2, 0) is 17.9 Å². The Morgan fingerprint density at radius 3 is 2.38 bits per heavy atom. The number of halogens is 4. The SMILES string of the molecule is CC(C)(C)C[C@H](OC(N)=O)c1oc(-c2ccc(OC(F)F)c(OCc3ccccc3)c2)nc1C(=O)NCc1ccc(F)cc1F. The summed E-state index contributed by atoms with van der Waals surface area (Å²) in [5.41, 5.74) is 5.54. The van der Waals surface area contributed by atoms with E-state index in [9.17, 15) is 27.2 Å². The molecule has 45 heavy (non-hydrogen) atoms. The number of oxazole rings is 1. The fourth-order valence-corrected chi connectivity index (χ4v) is 4.33. The van der Waals surface area contributed by atoms with Gasteiger partial charge in [0.25, 0.3) is 5.91 Å². The van der Waals surface area contributed by atoms with Crippen LogP contribution in [0.4, 0.5) is 22.4 Å². The van der Waals surface area contributed by atoms with Gasteiger partial charge in [-0.3, -0.25) is 4.79 Å². The lowest BCUT2D eigenvalue weighted by Gasteiger charge is -2.24. The Balaban J connectivity index is 1.73. The van der Waals surface area contributed by atoms with E-state index in [0.29, 0.717) is 6.07 Å². The third-order valence-corrected chi connectivity index (χ3v) is 6.32.